The van der Waals surface area contributed by atoms with E-state index >= 15 is 0 Å². The summed E-state index contributed by atoms with van der Waals surface area (Å²) in [6.45, 7) is 4.61. The van der Waals surface area contributed by atoms with Crippen LogP contribution in [0.25, 0.3) is 0 Å². The first-order valence-corrected chi connectivity index (χ1v) is 9.11. The molecule has 0 radical (unpaired) electrons. The van der Waals surface area contributed by atoms with Crippen molar-refractivity contribution in [3.63, 3.8) is 0 Å². The van der Waals surface area contributed by atoms with Crippen molar-refractivity contribution in [1.82, 2.24) is 10.2 Å². The Kier molecular flexibility index (Phi) is 5.78. The van der Waals surface area contributed by atoms with Crippen LogP contribution in [0.4, 0.5) is 5.69 Å². The van der Waals surface area contributed by atoms with E-state index in [1.165, 1.54) is 18.4 Å². The third kappa shape index (κ3) is 4.17. The summed E-state index contributed by atoms with van der Waals surface area (Å²) in [7, 11) is 1.67. The van der Waals surface area contributed by atoms with Gasteiger partial charge in [0.2, 0.25) is 0 Å². The number of aryl methyl sites for hydroxylation is 1. The third-order valence-corrected chi connectivity index (χ3v) is 5.04. The molecule has 0 aliphatic carbocycles. The lowest BCUT2D eigenvalue weighted by Gasteiger charge is -2.28. The number of carbonyl (C=O) groups is 1. The Morgan fingerprint density at radius 1 is 1.19 bits per heavy atom. The fourth-order valence-electron chi connectivity index (χ4n) is 3.51. The van der Waals surface area contributed by atoms with Gasteiger partial charge in [0.25, 0.3) is 5.91 Å². The molecule has 1 aliphatic rings. The van der Waals surface area contributed by atoms with E-state index in [9.17, 15) is 4.79 Å². The van der Waals surface area contributed by atoms with Crippen LogP contribution in [0, 0.1) is 6.92 Å². The van der Waals surface area contributed by atoms with Crippen LogP contribution in [0.2, 0.25) is 0 Å². The molecule has 1 fully saturated rings. The van der Waals surface area contributed by atoms with E-state index < -0.39 is 0 Å². The summed E-state index contributed by atoms with van der Waals surface area (Å²) < 4.78 is 5.26. The van der Waals surface area contributed by atoms with Crippen molar-refractivity contribution in [2.45, 2.75) is 25.8 Å². The average Bonchev–Trinajstić information content (AvgIpc) is 3.18. The number of ether oxygens (including phenoxy) is 1. The van der Waals surface area contributed by atoms with Crippen molar-refractivity contribution < 1.29 is 9.53 Å². The van der Waals surface area contributed by atoms with Gasteiger partial charge < -0.3 is 15.8 Å². The van der Waals surface area contributed by atoms with Gasteiger partial charge in [-0.1, -0.05) is 18.2 Å². The van der Waals surface area contributed by atoms with Crippen molar-refractivity contribution in [3.8, 4) is 5.75 Å². The van der Waals surface area contributed by atoms with Crippen LogP contribution in [0.5, 0.6) is 5.75 Å². The summed E-state index contributed by atoms with van der Waals surface area (Å²) in [5.74, 6) is 0.765. The van der Waals surface area contributed by atoms with Crippen LogP contribution in [0.1, 0.15) is 40.4 Å². The summed E-state index contributed by atoms with van der Waals surface area (Å²) in [6, 6.07) is 13.7. The number of hydrogen-bond donors (Lipinski definition) is 2. The highest BCUT2D eigenvalue weighted by Gasteiger charge is 2.24. The first-order chi connectivity index (χ1) is 12.6. The molecule has 0 spiro atoms. The third-order valence-electron chi connectivity index (χ3n) is 5.04. The minimum atomic E-state index is -0.0764. The number of nitrogen functional groups attached to an aromatic ring is 1. The predicted octanol–water partition coefficient (Wildman–Crippen LogP) is 3.15. The Bertz CT molecular complexity index is 752. The molecule has 138 valence electrons. The van der Waals surface area contributed by atoms with Crippen LogP contribution in [-0.4, -0.2) is 37.6 Å². The second kappa shape index (κ2) is 8.23. The van der Waals surface area contributed by atoms with Gasteiger partial charge in [-0.25, -0.2) is 0 Å². The molecule has 2 aromatic rings. The van der Waals surface area contributed by atoms with Crippen LogP contribution in [0.3, 0.4) is 0 Å². The lowest BCUT2D eigenvalue weighted by Crippen LogP contribution is -2.37. The van der Waals surface area contributed by atoms with Crippen LogP contribution in [0.15, 0.2) is 42.5 Å². The number of rotatable bonds is 6. The molecule has 1 saturated heterocycles. The number of nitrogens with one attached hydrogen (secondary N) is 1. The molecule has 3 rings (SSSR count). The average molecular weight is 353 g/mol. The maximum absolute atomic E-state index is 12.7. The Balaban J connectivity index is 1.75. The van der Waals surface area contributed by atoms with Crippen molar-refractivity contribution in [1.29, 1.82) is 0 Å². The predicted molar refractivity (Wildman–Crippen MR) is 104 cm³/mol. The van der Waals surface area contributed by atoms with E-state index in [0.717, 1.165) is 24.4 Å². The van der Waals surface area contributed by atoms with E-state index in [-0.39, 0.29) is 11.9 Å². The highest BCUT2D eigenvalue weighted by Crippen LogP contribution is 2.26. The number of nitrogens with two attached hydrogens (primary N) is 1. The molecule has 0 aromatic heterocycles. The van der Waals surface area contributed by atoms with Gasteiger partial charge in [0, 0.05) is 17.8 Å². The molecule has 0 bridgehead atoms. The summed E-state index contributed by atoms with van der Waals surface area (Å²) in [6.07, 6.45) is 2.41. The zero-order valence-electron chi connectivity index (χ0n) is 15.5. The fourth-order valence-corrected chi connectivity index (χ4v) is 3.51. The smallest absolute Gasteiger partial charge is 0.251 e. The van der Waals surface area contributed by atoms with Crippen LogP contribution in [-0.2, 0) is 0 Å². The Hall–Kier alpha value is -2.53. The van der Waals surface area contributed by atoms with Crippen molar-refractivity contribution in [2.75, 3.05) is 32.5 Å². The zero-order chi connectivity index (χ0) is 18.5. The van der Waals surface area contributed by atoms with E-state index in [1.807, 2.05) is 31.2 Å². The summed E-state index contributed by atoms with van der Waals surface area (Å²) in [4.78, 5) is 15.1. The fraction of sp³-hybridized carbons (Fsp3) is 0.381. The number of likely N-dealkylation sites (tertiary alicyclic amines) is 1. The molecule has 1 aliphatic heterocycles. The lowest BCUT2D eigenvalue weighted by atomic mass is 10.0. The zero-order valence-corrected chi connectivity index (χ0v) is 15.5. The molecule has 0 saturated carbocycles. The second-order valence-electron chi connectivity index (χ2n) is 6.82. The number of hydrogen-bond acceptors (Lipinski definition) is 4. The standard InChI is InChI=1S/C21H27N3O2/c1-15-5-8-17(22)13-19(15)21(25)23-14-20(24-11-3-4-12-24)16-6-9-18(26-2)10-7-16/h5-10,13,20H,3-4,11-12,14,22H2,1-2H3,(H,23,25). The Morgan fingerprint density at radius 2 is 1.88 bits per heavy atom. The van der Waals surface area contributed by atoms with Gasteiger partial charge in [-0.15, -0.1) is 0 Å². The van der Waals surface area contributed by atoms with Crippen molar-refractivity contribution in [3.05, 3.63) is 59.2 Å². The maximum atomic E-state index is 12.7. The minimum Gasteiger partial charge on any atom is -0.497 e. The topological polar surface area (TPSA) is 67.6 Å². The van der Waals surface area contributed by atoms with E-state index in [4.69, 9.17) is 10.5 Å². The van der Waals surface area contributed by atoms with E-state index in [2.05, 4.69) is 22.3 Å². The maximum Gasteiger partial charge on any atom is 0.251 e. The van der Waals surface area contributed by atoms with Gasteiger partial charge >= 0.3 is 0 Å². The van der Waals surface area contributed by atoms with Gasteiger partial charge in [0.1, 0.15) is 5.75 Å². The molecule has 1 atom stereocenters. The molecular weight excluding hydrogens is 326 g/mol. The van der Waals surface area contributed by atoms with Gasteiger partial charge in [-0.2, -0.15) is 0 Å². The van der Waals surface area contributed by atoms with E-state index in [1.54, 1.807) is 13.2 Å². The highest BCUT2D eigenvalue weighted by molar-refractivity contribution is 5.96. The Labute approximate surface area is 155 Å². The number of carbonyl (C=O) groups excluding carboxylic acids is 1. The Morgan fingerprint density at radius 3 is 2.54 bits per heavy atom. The lowest BCUT2D eigenvalue weighted by molar-refractivity contribution is 0.0937. The summed E-state index contributed by atoms with van der Waals surface area (Å²) in [5, 5.41) is 3.10. The van der Waals surface area contributed by atoms with Crippen LogP contribution < -0.4 is 15.8 Å². The monoisotopic (exact) mass is 353 g/mol. The molecule has 1 heterocycles. The summed E-state index contributed by atoms with van der Waals surface area (Å²) >= 11 is 0. The molecule has 5 nitrogen and oxygen atoms in total. The summed E-state index contributed by atoms with van der Waals surface area (Å²) in [5.41, 5.74) is 9.20. The number of amides is 1. The molecule has 1 amide bonds. The first-order valence-electron chi connectivity index (χ1n) is 9.11. The molecular formula is C21H27N3O2. The minimum absolute atomic E-state index is 0.0764. The second-order valence-corrected chi connectivity index (χ2v) is 6.82. The SMILES string of the molecule is COc1ccc(C(CNC(=O)c2cc(N)ccc2C)N2CCCC2)cc1. The number of nitrogens with zero attached hydrogens (tertiary/aromatic N) is 1. The number of methoxy groups -OCH3 is 1. The van der Waals surface area contributed by atoms with Gasteiger partial charge in [-0.05, 0) is 68.2 Å². The number of anilines is 1. The first kappa shape index (κ1) is 18.3. The van der Waals surface area contributed by atoms with Gasteiger partial charge in [0.15, 0.2) is 0 Å². The molecule has 3 N–H and O–H groups in total. The van der Waals surface area contributed by atoms with Gasteiger partial charge in [0.05, 0.1) is 13.2 Å². The molecule has 26 heavy (non-hydrogen) atoms. The van der Waals surface area contributed by atoms with Crippen molar-refractivity contribution >= 4 is 11.6 Å². The molecule has 5 heteroatoms. The van der Waals surface area contributed by atoms with E-state index in [0.29, 0.717) is 17.8 Å². The highest BCUT2D eigenvalue weighted by atomic mass is 16.5. The molecule has 1 unspecified atom stereocenters. The number of benzene rings is 2. The van der Waals surface area contributed by atoms with Crippen LogP contribution >= 0.6 is 0 Å². The largest absolute Gasteiger partial charge is 0.497 e. The molecule has 2 aromatic carbocycles. The van der Waals surface area contributed by atoms with Crippen molar-refractivity contribution in [2.24, 2.45) is 0 Å². The van der Waals surface area contributed by atoms with Gasteiger partial charge in [-0.3, -0.25) is 9.69 Å². The quantitative estimate of drug-likeness (QED) is 0.783. The normalized spacial score (nSPS) is 15.6.